The average Bonchev–Trinajstić information content (AvgIpc) is 2.85. The lowest BCUT2D eigenvalue weighted by Crippen LogP contribution is -1.68. The number of hydrogen-bond acceptors (Lipinski definition) is 2. The highest BCUT2D eigenvalue weighted by molar-refractivity contribution is 7.17. The molecule has 1 aromatic carbocycles. The fourth-order valence-electron chi connectivity index (χ4n) is 1.60. The summed E-state index contributed by atoms with van der Waals surface area (Å²) in [5, 5.41) is 3.41. The Bertz CT molecular complexity index is 548. The predicted octanol–water partition coefficient (Wildman–Crippen LogP) is 4.16. The van der Waals surface area contributed by atoms with E-state index in [0.717, 1.165) is 5.76 Å². The van der Waals surface area contributed by atoms with E-state index in [1.165, 1.54) is 15.6 Å². The van der Waals surface area contributed by atoms with Crippen molar-refractivity contribution in [1.29, 1.82) is 0 Å². The van der Waals surface area contributed by atoms with Crippen LogP contribution in [0.25, 0.3) is 21.4 Å². The summed E-state index contributed by atoms with van der Waals surface area (Å²) >= 11 is 1.75. The molecule has 0 amide bonds. The molecule has 2 heterocycles. The predicted molar refractivity (Wildman–Crippen MR) is 59.5 cm³/mol. The fourth-order valence-corrected chi connectivity index (χ4v) is 2.55. The third-order valence-electron chi connectivity index (χ3n) is 2.27. The van der Waals surface area contributed by atoms with E-state index in [1.807, 2.05) is 12.1 Å². The molecular formula is C12H8OS. The first-order valence-electron chi connectivity index (χ1n) is 4.45. The van der Waals surface area contributed by atoms with Gasteiger partial charge in [0.1, 0.15) is 5.76 Å². The summed E-state index contributed by atoms with van der Waals surface area (Å²) in [4.78, 5) is 0. The molecule has 0 N–H and O–H groups in total. The lowest BCUT2D eigenvalue weighted by molar-refractivity contribution is 0.583. The summed E-state index contributed by atoms with van der Waals surface area (Å²) in [6.07, 6.45) is 1.71. The molecule has 0 spiro atoms. The minimum atomic E-state index is 0.947. The van der Waals surface area contributed by atoms with E-state index in [0.29, 0.717) is 0 Å². The average molecular weight is 200 g/mol. The van der Waals surface area contributed by atoms with Crippen molar-refractivity contribution in [2.45, 2.75) is 0 Å². The fraction of sp³-hybridized carbons (Fsp3) is 0. The van der Waals surface area contributed by atoms with Gasteiger partial charge in [-0.1, -0.05) is 18.2 Å². The Morgan fingerprint density at radius 1 is 1.00 bits per heavy atom. The lowest BCUT2D eigenvalue weighted by Gasteiger charge is -1.93. The van der Waals surface area contributed by atoms with Crippen LogP contribution >= 0.6 is 11.3 Å². The maximum absolute atomic E-state index is 5.39. The minimum absolute atomic E-state index is 0.947. The summed E-state index contributed by atoms with van der Waals surface area (Å²) in [6.45, 7) is 0. The Balaban J connectivity index is 2.33. The maximum Gasteiger partial charge on any atom is 0.135 e. The molecule has 0 bridgehead atoms. The van der Waals surface area contributed by atoms with Crippen LogP contribution in [0.3, 0.4) is 0 Å². The molecule has 0 atom stereocenters. The molecule has 3 aromatic rings. The summed E-state index contributed by atoms with van der Waals surface area (Å²) in [6, 6.07) is 12.3. The molecule has 68 valence electrons. The maximum atomic E-state index is 5.39. The first-order chi connectivity index (χ1) is 6.95. The van der Waals surface area contributed by atoms with Gasteiger partial charge in [0.15, 0.2) is 0 Å². The quantitative estimate of drug-likeness (QED) is 0.574. The van der Waals surface area contributed by atoms with Crippen LogP contribution in [0.1, 0.15) is 0 Å². The largest absolute Gasteiger partial charge is 0.464 e. The summed E-state index contributed by atoms with van der Waals surface area (Å²) < 4.78 is 6.70. The Labute approximate surface area is 85.6 Å². The Morgan fingerprint density at radius 2 is 1.93 bits per heavy atom. The van der Waals surface area contributed by atoms with Crippen molar-refractivity contribution in [1.82, 2.24) is 0 Å². The number of hydrogen-bond donors (Lipinski definition) is 0. The minimum Gasteiger partial charge on any atom is -0.464 e. The highest BCUT2D eigenvalue weighted by atomic mass is 32.1. The molecule has 0 radical (unpaired) electrons. The van der Waals surface area contributed by atoms with Crippen LogP contribution in [0.15, 0.2) is 52.5 Å². The third-order valence-corrected chi connectivity index (χ3v) is 3.23. The molecule has 2 heteroatoms. The number of rotatable bonds is 1. The van der Waals surface area contributed by atoms with Crippen molar-refractivity contribution in [2.75, 3.05) is 0 Å². The second kappa shape index (κ2) is 3.00. The van der Waals surface area contributed by atoms with Crippen molar-refractivity contribution >= 4 is 21.4 Å². The Morgan fingerprint density at radius 3 is 2.79 bits per heavy atom. The highest BCUT2D eigenvalue weighted by Gasteiger charge is 2.06. The Kier molecular flexibility index (Phi) is 1.67. The lowest BCUT2D eigenvalue weighted by atomic mass is 10.1. The highest BCUT2D eigenvalue weighted by Crippen LogP contribution is 2.33. The normalized spacial score (nSPS) is 10.9. The van der Waals surface area contributed by atoms with Crippen LogP contribution < -0.4 is 0 Å². The van der Waals surface area contributed by atoms with E-state index in [4.69, 9.17) is 4.42 Å². The van der Waals surface area contributed by atoms with Gasteiger partial charge in [0.2, 0.25) is 0 Å². The van der Waals surface area contributed by atoms with E-state index in [9.17, 15) is 0 Å². The van der Waals surface area contributed by atoms with Gasteiger partial charge in [0, 0.05) is 21.0 Å². The zero-order valence-corrected chi connectivity index (χ0v) is 8.25. The van der Waals surface area contributed by atoms with Gasteiger partial charge in [-0.05, 0) is 18.2 Å². The third kappa shape index (κ3) is 1.08. The Hall–Kier alpha value is -1.54. The summed E-state index contributed by atoms with van der Waals surface area (Å²) in [7, 11) is 0. The van der Waals surface area contributed by atoms with E-state index in [-0.39, 0.29) is 0 Å². The number of furan rings is 1. The van der Waals surface area contributed by atoms with Crippen LogP contribution in [-0.2, 0) is 0 Å². The van der Waals surface area contributed by atoms with E-state index in [2.05, 4.69) is 29.6 Å². The van der Waals surface area contributed by atoms with Gasteiger partial charge >= 0.3 is 0 Å². The second-order valence-electron chi connectivity index (χ2n) is 3.12. The van der Waals surface area contributed by atoms with Crippen molar-refractivity contribution < 1.29 is 4.42 Å². The van der Waals surface area contributed by atoms with Crippen LogP contribution in [0.4, 0.5) is 0 Å². The van der Waals surface area contributed by atoms with Crippen LogP contribution in [0.5, 0.6) is 0 Å². The molecular weight excluding hydrogens is 192 g/mol. The van der Waals surface area contributed by atoms with Crippen LogP contribution in [0, 0.1) is 0 Å². The molecule has 0 saturated heterocycles. The van der Waals surface area contributed by atoms with Gasteiger partial charge in [-0.25, -0.2) is 0 Å². The second-order valence-corrected chi connectivity index (χ2v) is 4.03. The zero-order valence-electron chi connectivity index (χ0n) is 7.44. The molecule has 0 aliphatic carbocycles. The standard InChI is InChI=1S/C12H8OS/c1-2-6-12-9(4-1)10(8-14-12)11-5-3-7-13-11/h1-8H. The van der Waals surface area contributed by atoms with Gasteiger partial charge < -0.3 is 4.42 Å². The van der Waals surface area contributed by atoms with Crippen molar-refractivity contribution in [2.24, 2.45) is 0 Å². The number of benzene rings is 1. The van der Waals surface area contributed by atoms with Gasteiger partial charge in [-0.3, -0.25) is 0 Å². The smallest absolute Gasteiger partial charge is 0.135 e. The SMILES string of the molecule is c1coc(-c2csc3ccccc23)c1. The molecule has 2 aromatic heterocycles. The van der Waals surface area contributed by atoms with E-state index >= 15 is 0 Å². The van der Waals surface area contributed by atoms with E-state index in [1.54, 1.807) is 17.6 Å². The molecule has 1 nitrogen and oxygen atoms in total. The van der Waals surface area contributed by atoms with Gasteiger partial charge in [-0.2, -0.15) is 0 Å². The molecule has 0 aliphatic rings. The topological polar surface area (TPSA) is 13.1 Å². The number of fused-ring (bicyclic) bond motifs is 1. The summed E-state index contributed by atoms with van der Waals surface area (Å²) in [5.41, 5.74) is 1.19. The van der Waals surface area contributed by atoms with Gasteiger partial charge in [-0.15, -0.1) is 11.3 Å². The van der Waals surface area contributed by atoms with Crippen molar-refractivity contribution in [3.8, 4) is 11.3 Å². The molecule has 0 unspecified atom stereocenters. The van der Waals surface area contributed by atoms with E-state index < -0.39 is 0 Å². The van der Waals surface area contributed by atoms with Crippen molar-refractivity contribution in [3.05, 3.63) is 48.0 Å². The van der Waals surface area contributed by atoms with Crippen LogP contribution in [0.2, 0.25) is 0 Å². The summed E-state index contributed by atoms with van der Waals surface area (Å²) in [5.74, 6) is 0.947. The van der Waals surface area contributed by atoms with Gasteiger partial charge in [0.25, 0.3) is 0 Å². The molecule has 0 saturated carbocycles. The molecule has 14 heavy (non-hydrogen) atoms. The first-order valence-corrected chi connectivity index (χ1v) is 5.33. The molecule has 0 fully saturated rings. The van der Waals surface area contributed by atoms with Gasteiger partial charge in [0.05, 0.1) is 6.26 Å². The van der Waals surface area contributed by atoms with Crippen LogP contribution in [-0.4, -0.2) is 0 Å². The first kappa shape index (κ1) is 7.83. The molecule has 0 aliphatic heterocycles. The monoisotopic (exact) mass is 200 g/mol. The molecule has 3 rings (SSSR count). The zero-order chi connectivity index (χ0) is 9.38. The number of thiophene rings is 1. The van der Waals surface area contributed by atoms with Crippen molar-refractivity contribution in [3.63, 3.8) is 0 Å².